The van der Waals surface area contributed by atoms with E-state index in [1.165, 1.54) is 6.07 Å². The first-order chi connectivity index (χ1) is 19.4. The molecule has 5 heterocycles. The van der Waals surface area contributed by atoms with Crippen molar-refractivity contribution >= 4 is 28.3 Å². The number of ether oxygens (including phenoxy) is 2. The van der Waals surface area contributed by atoms with E-state index in [9.17, 15) is 4.79 Å². The monoisotopic (exact) mass is 564 g/mol. The predicted octanol–water partition coefficient (Wildman–Crippen LogP) is 4.40. The predicted molar refractivity (Wildman–Crippen MR) is 149 cm³/mol. The van der Waals surface area contributed by atoms with Gasteiger partial charge in [0.2, 0.25) is 0 Å². The van der Waals surface area contributed by atoms with Crippen LogP contribution in [-0.2, 0) is 29.0 Å². The number of rotatable bonds is 7. The Morgan fingerprint density at radius 1 is 1.23 bits per heavy atom. The third-order valence-electron chi connectivity index (χ3n) is 8.30. The molecule has 2 fully saturated rings. The third kappa shape index (κ3) is 4.57. The van der Waals surface area contributed by atoms with Crippen molar-refractivity contribution in [3.05, 3.63) is 69.2 Å². The van der Waals surface area contributed by atoms with Crippen molar-refractivity contribution in [1.29, 1.82) is 0 Å². The fourth-order valence-electron chi connectivity index (χ4n) is 5.97. The molecule has 0 bridgehead atoms. The van der Waals surface area contributed by atoms with Crippen LogP contribution in [-0.4, -0.2) is 57.7 Å². The molecular weight excluding hydrogens is 535 g/mol. The average molecular weight is 565 g/mol. The lowest BCUT2D eigenvalue weighted by molar-refractivity contribution is 0.0394. The summed E-state index contributed by atoms with van der Waals surface area (Å²) in [6.07, 6.45) is 7.55. The Morgan fingerprint density at radius 3 is 2.90 bits per heavy atom. The van der Waals surface area contributed by atoms with E-state index in [0.29, 0.717) is 65.9 Å². The molecule has 11 heteroatoms. The number of anilines is 1. The quantitative estimate of drug-likeness (QED) is 0.329. The second-order valence-corrected chi connectivity index (χ2v) is 11.6. The zero-order chi connectivity index (χ0) is 27.4. The zero-order valence-corrected chi connectivity index (χ0v) is 23.0. The Hall–Kier alpha value is -3.34. The highest BCUT2D eigenvalue weighted by Crippen LogP contribution is 2.47. The van der Waals surface area contributed by atoms with Crippen LogP contribution in [0, 0.1) is 11.2 Å². The molecule has 0 N–H and O–H groups in total. The first kappa shape index (κ1) is 25.6. The van der Waals surface area contributed by atoms with E-state index in [0.717, 1.165) is 38.0 Å². The minimum Gasteiger partial charge on any atom is -0.384 e. The second kappa shape index (κ2) is 9.94. The van der Waals surface area contributed by atoms with E-state index in [1.807, 2.05) is 17.1 Å². The van der Waals surface area contributed by atoms with Crippen molar-refractivity contribution in [2.24, 2.45) is 5.41 Å². The van der Waals surface area contributed by atoms with Gasteiger partial charge >= 0.3 is 0 Å². The van der Waals surface area contributed by atoms with E-state index >= 15 is 4.39 Å². The first-order valence-corrected chi connectivity index (χ1v) is 14.1. The number of aryl methyl sites for hydroxylation is 1. The van der Waals surface area contributed by atoms with Gasteiger partial charge in [0.25, 0.3) is 5.56 Å². The molecule has 3 aromatic heterocycles. The molecule has 1 aliphatic carbocycles. The maximum Gasteiger partial charge on any atom is 0.261 e. The number of hydrogen-bond acceptors (Lipinski definition) is 7. The van der Waals surface area contributed by atoms with Crippen LogP contribution in [0.4, 0.5) is 10.2 Å². The summed E-state index contributed by atoms with van der Waals surface area (Å²) in [5.74, 6) is 0.798. The number of halogens is 2. The SMILES string of the molecule is COCC1(Cn2cc([C@H]3CN(c4cc5c(=O)n6c(nc5c(-c5ccc(Cl)cc5F)n4)CCC6)CCO3)cn2)CC1. The van der Waals surface area contributed by atoms with Gasteiger partial charge in [-0.25, -0.2) is 14.4 Å². The molecule has 0 radical (unpaired) electrons. The van der Waals surface area contributed by atoms with Crippen LogP contribution in [0.3, 0.4) is 0 Å². The Labute approximate surface area is 235 Å². The summed E-state index contributed by atoms with van der Waals surface area (Å²) >= 11 is 6.04. The van der Waals surface area contributed by atoms with Gasteiger partial charge in [-0.3, -0.25) is 14.0 Å². The summed E-state index contributed by atoms with van der Waals surface area (Å²) in [6.45, 7) is 3.78. The van der Waals surface area contributed by atoms with Gasteiger partial charge in [-0.05, 0) is 43.5 Å². The maximum atomic E-state index is 15.2. The molecule has 40 heavy (non-hydrogen) atoms. The van der Waals surface area contributed by atoms with Gasteiger partial charge in [0.1, 0.15) is 34.8 Å². The molecule has 208 valence electrons. The van der Waals surface area contributed by atoms with Crippen molar-refractivity contribution in [3.8, 4) is 11.3 Å². The van der Waals surface area contributed by atoms with Gasteiger partial charge in [-0.2, -0.15) is 5.10 Å². The summed E-state index contributed by atoms with van der Waals surface area (Å²) in [5.41, 5.74) is 2.08. The van der Waals surface area contributed by atoms with Gasteiger partial charge in [0.15, 0.2) is 0 Å². The lowest BCUT2D eigenvalue weighted by Gasteiger charge is -2.33. The number of hydrogen-bond donors (Lipinski definition) is 0. The Bertz CT molecular complexity index is 1670. The topological polar surface area (TPSA) is 87.3 Å². The van der Waals surface area contributed by atoms with Crippen LogP contribution in [0.1, 0.15) is 36.8 Å². The Morgan fingerprint density at radius 2 is 2.10 bits per heavy atom. The first-order valence-electron chi connectivity index (χ1n) is 13.7. The zero-order valence-electron chi connectivity index (χ0n) is 22.3. The summed E-state index contributed by atoms with van der Waals surface area (Å²) in [5, 5.41) is 5.32. The third-order valence-corrected chi connectivity index (χ3v) is 8.53. The number of benzene rings is 1. The molecule has 0 amide bonds. The molecule has 4 aromatic rings. The highest BCUT2D eigenvalue weighted by atomic mass is 35.5. The van der Waals surface area contributed by atoms with Crippen LogP contribution >= 0.6 is 11.6 Å². The van der Waals surface area contributed by atoms with Gasteiger partial charge in [0.05, 0.1) is 24.8 Å². The minimum atomic E-state index is -0.505. The van der Waals surface area contributed by atoms with E-state index in [2.05, 4.69) is 10.00 Å². The second-order valence-electron chi connectivity index (χ2n) is 11.1. The van der Waals surface area contributed by atoms with Crippen LogP contribution in [0.25, 0.3) is 22.2 Å². The average Bonchev–Trinajstić information content (AvgIpc) is 3.31. The molecule has 2 aliphatic heterocycles. The Balaban J connectivity index is 1.25. The smallest absolute Gasteiger partial charge is 0.261 e. The minimum absolute atomic E-state index is 0.118. The molecule has 1 saturated heterocycles. The van der Waals surface area contributed by atoms with E-state index in [1.54, 1.807) is 29.9 Å². The molecule has 9 nitrogen and oxygen atoms in total. The van der Waals surface area contributed by atoms with E-state index in [4.69, 9.17) is 31.0 Å². The number of fused-ring (bicyclic) bond motifs is 2. The van der Waals surface area contributed by atoms with Crippen molar-refractivity contribution < 1.29 is 13.9 Å². The fourth-order valence-corrected chi connectivity index (χ4v) is 6.13. The Kier molecular flexibility index (Phi) is 6.36. The van der Waals surface area contributed by atoms with E-state index < -0.39 is 5.82 Å². The number of methoxy groups -OCH3 is 1. The van der Waals surface area contributed by atoms with Gasteiger partial charge in [-0.1, -0.05) is 11.6 Å². The number of morpholine rings is 1. The maximum absolute atomic E-state index is 15.2. The molecule has 3 aliphatic rings. The molecule has 1 atom stereocenters. The van der Waals surface area contributed by atoms with Crippen LogP contribution in [0.2, 0.25) is 5.02 Å². The summed E-state index contributed by atoms with van der Waals surface area (Å²) < 4.78 is 30.4. The highest BCUT2D eigenvalue weighted by Gasteiger charge is 2.43. The molecule has 1 aromatic carbocycles. The van der Waals surface area contributed by atoms with Crippen molar-refractivity contribution in [2.75, 3.05) is 38.3 Å². The van der Waals surface area contributed by atoms with Crippen LogP contribution < -0.4 is 10.5 Å². The van der Waals surface area contributed by atoms with E-state index in [-0.39, 0.29) is 22.6 Å². The standard InChI is InChI=1S/C29H30ClFN6O3/c1-39-17-29(6-7-29)16-36-14-18(13-32-36)23-15-35(9-10-40-23)25-12-21-27(33-24-3-2-8-37(24)28(21)38)26(34-25)20-5-4-19(30)11-22(20)31/h4-5,11-14,23H,2-3,6-10,15-17H2,1H3/t23-/m1/s1. The lowest BCUT2D eigenvalue weighted by Crippen LogP contribution is -2.39. The largest absolute Gasteiger partial charge is 0.384 e. The molecule has 1 saturated carbocycles. The molecule has 0 spiro atoms. The van der Waals surface area contributed by atoms with Crippen LogP contribution in [0.15, 0.2) is 41.5 Å². The van der Waals surface area contributed by atoms with Gasteiger partial charge in [-0.15, -0.1) is 0 Å². The summed E-state index contributed by atoms with van der Waals surface area (Å²) in [7, 11) is 1.74. The van der Waals surface area contributed by atoms with Crippen molar-refractivity contribution in [3.63, 3.8) is 0 Å². The molecular formula is C29H30ClFN6O3. The summed E-state index contributed by atoms with van der Waals surface area (Å²) in [6, 6.07) is 6.28. The molecule has 0 unspecified atom stereocenters. The number of aromatic nitrogens is 5. The van der Waals surface area contributed by atoms with Crippen molar-refractivity contribution in [1.82, 2.24) is 24.3 Å². The number of pyridine rings is 1. The van der Waals surface area contributed by atoms with Gasteiger partial charge < -0.3 is 14.4 Å². The lowest BCUT2D eigenvalue weighted by atomic mass is 10.1. The van der Waals surface area contributed by atoms with Crippen LogP contribution in [0.5, 0.6) is 0 Å². The number of nitrogens with zero attached hydrogens (tertiary/aromatic N) is 6. The van der Waals surface area contributed by atoms with Crippen molar-refractivity contribution in [2.45, 2.75) is 44.9 Å². The summed E-state index contributed by atoms with van der Waals surface area (Å²) in [4.78, 5) is 25.3. The molecule has 7 rings (SSSR count). The highest BCUT2D eigenvalue weighted by molar-refractivity contribution is 6.30. The fraction of sp³-hybridized carbons (Fsp3) is 0.448. The van der Waals surface area contributed by atoms with Gasteiger partial charge in [0, 0.05) is 67.5 Å². The normalized spacial score (nSPS) is 19.8.